The highest BCUT2D eigenvalue weighted by molar-refractivity contribution is 5.46. The molecule has 2 N–H and O–H groups in total. The van der Waals surface area contributed by atoms with Gasteiger partial charge in [-0.15, -0.1) is 0 Å². The molecule has 0 bridgehead atoms. The fourth-order valence-electron chi connectivity index (χ4n) is 1.67. The Morgan fingerprint density at radius 3 is 3.23 bits per heavy atom. The van der Waals surface area contributed by atoms with Gasteiger partial charge in [-0.3, -0.25) is 0 Å². The first-order valence-corrected chi connectivity index (χ1v) is 4.88. The zero-order chi connectivity index (χ0) is 8.67. The normalized spacial score (nSPS) is 21.2. The number of anilines is 1. The molecule has 0 saturated heterocycles. The Morgan fingerprint density at radius 1 is 1.46 bits per heavy atom. The second kappa shape index (κ2) is 2.73. The molecule has 2 heterocycles. The molecule has 0 amide bonds. The summed E-state index contributed by atoms with van der Waals surface area (Å²) in [5.74, 6) is 0.893. The lowest BCUT2D eigenvalue weighted by molar-refractivity contribution is 0.423. The number of fused-ring (bicyclic) bond motifs is 1. The molecule has 4 heteroatoms. The van der Waals surface area contributed by atoms with Crippen LogP contribution in [0.1, 0.15) is 24.1 Å². The molecule has 0 atom stereocenters. The molecule has 4 nitrogen and oxygen atoms in total. The molecule has 1 saturated carbocycles. The van der Waals surface area contributed by atoms with Gasteiger partial charge in [-0.05, 0) is 12.8 Å². The third kappa shape index (κ3) is 1.31. The number of aromatic nitrogens is 1. The van der Waals surface area contributed by atoms with Crippen molar-refractivity contribution in [1.82, 2.24) is 10.5 Å². The highest BCUT2D eigenvalue weighted by Crippen LogP contribution is 2.29. The topological polar surface area (TPSA) is 50.1 Å². The van der Waals surface area contributed by atoms with Gasteiger partial charge in [-0.2, -0.15) is 0 Å². The van der Waals surface area contributed by atoms with Gasteiger partial charge in [-0.25, -0.2) is 0 Å². The lowest BCUT2D eigenvalue weighted by Crippen LogP contribution is -2.23. The van der Waals surface area contributed by atoms with E-state index in [9.17, 15) is 0 Å². The Bertz CT molecular complexity index is 317. The third-order valence-electron chi connectivity index (χ3n) is 2.62. The second-order valence-electron chi connectivity index (χ2n) is 3.78. The molecule has 70 valence electrons. The first-order valence-electron chi connectivity index (χ1n) is 4.88. The van der Waals surface area contributed by atoms with E-state index >= 15 is 0 Å². The molecule has 3 rings (SSSR count). The van der Waals surface area contributed by atoms with E-state index in [-0.39, 0.29) is 0 Å². The Kier molecular flexibility index (Phi) is 1.55. The number of nitrogens with one attached hydrogen (secondary N) is 2. The van der Waals surface area contributed by atoms with Crippen LogP contribution in [0.25, 0.3) is 0 Å². The maximum atomic E-state index is 5.27. The van der Waals surface area contributed by atoms with E-state index in [0.29, 0.717) is 6.04 Å². The number of hydrogen-bond acceptors (Lipinski definition) is 4. The van der Waals surface area contributed by atoms with Gasteiger partial charge in [0, 0.05) is 25.6 Å². The van der Waals surface area contributed by atoms with Crippen LogP contribution in [0.15, 0.2) is 4.52 Å². The fourth-order valence-corrected chi connectivity index (χ4v) is 1.67. The summed E-state index contributed by atoms with van der Waals surface area (Å²) in [6.45, 7) is 1.91. The van der Waals surface area contributed by atoms with Crippen molar-refractivity contribution < 1.29 is 4.52 Å². The number of nitrogens with zero attached hydrogens (tertiary/aromatic N) is 1. The molecule has 1 fully saturated rings. The molecule has 1 aromatic rings. The first kappa shape index (κ1) is 7.38. The molecule has 0 unspecified atom stereocenters. The summed E-state index contributed by atoms with van der Waals surface area (Å²) in [5, 5.41) is 10.7. The van der Waals surface area contributed by atoms with E-state index in [1.807, 2.05) is 0 Å². The van der Waals surface area contributed by atoms with Crippen molar-refractivity contribution in [3.05, 3.63) is 11.3 Å². The summed E-state index contributed by atoms with van der Waals surface area (Å²) in [6.07, 6.45) is 3.52. The maximum Gasteiger partial charge on any atom is 0.229 e. The Hall–Kier alpha value is -1.03. The van der Waals surface area contributed by atoms with Gasteiger partial charge >= 0.3 is 0 Å². The number of hydrogen-bond donors (Lipinski definition) is 2. The van der Waals surface area contributed by atoms with Crippen LogP contribution < -0.4 is 10.6 Å². The molecule has 1 aromatic heterocycles. The van der Waals surface area contributed by atoms with Gasteiger partial charge in [0.05, 0.1) is 11.3 Å². The fraction of sp³-hybridized carbons (Fsp3) is 0.667. The van der Waals surface area contributed by atoms with E-state index in [1.165, 1.54) is 18.4 Å². The molecule has 1 aliphatic carbocycles. The van der Waals surface area contributed by atoms with E-state index in [1.54, 1.807) is 0 Å². The van der Waals surface area contributed by atoms with E-state index in [2.05, 4.69) is 15.8 Å². The summed E-state index contributed by atoms with van der Waals surface area (Å²) in [6, 6.07) is 0.638. The molecule has 0 aromatic carbocycles. The predicted octanol–water partition coefficient (Wildman–Crippen LogP) is 0.895. The van der Waals surface area contributed by atoms with Crippen LogP contribution in [0.5, 0.6) is 0 Å². The highest BCUT2D eigenvalue weighted by atomic mass is 16.5. The van der Waals surface area contributed by atoms with Crippen LogP contribution in [-0.4, -0.2) is 17.7 Å². The van der Waals surface area contributed by atoms with E-state index < -0.39 is 0 Å². The second-order valence-corrected chi connectivity index (χ2v) is 3.78. The highest BCUT2D eigenvalue weighted by Gasteiger charge is 2.26. The molecule has 13 heavy (non-hydrogen) atoms. The standard InChI is InChI=1S/C9H13N3O/c1-2-6(1)11-9-7-5-10-4-3-8(7)12-13-9/h6,10-11H,1-5H2. The van der Waals surface area contributed by atoms with Crippen molar-refractivity contribution in [3.8, 4) is 0 Å². The molecule has 2 aliphatic rings. The van der Waals surface area contributed by atoms with Crippen molar-refractivity contribution in [3.63, 3.8) is 0 Å². The van der Waals surface area contributed by atoms with Crippen molar-refractivity contribution >= 4 is 5.88 Å². The summed E-state index contributed by atoms with van der Waals surface area (Å²) in [7, 11) is 0. The SMILES string of the molecule is C1Cc2noc(NC3CC3)c2CN1. The minimum absolute atomic E-state index is 0.638. The third-order valence-corrected chi connectivity index (χ3v) is 2.62. The summed E-state index contributed by atoms with van der Waals surface area (Å²) >= 11 is 0. The van der Waals surface area contributed by atoms with Gasteiger partial charge in [-0.1, -0.05) is 5.16 Å². The van der Waals surface area contributed by atoms with Crippen molar-refractivity contribution in [2.75, 3.05) is 11.9 Å². The summed E-state index contributed by atoms with van der Waals surface area (Å²) < 4.78 is 5.27. The van der Waals surface area contributed by atoms with Crippen molar-refractivity contribution in [1.29, 1.82) is 0 Å². The largest absolute Gasteiger partial charge is 0.351 e. The van der Waals surface area contributed by atoms with Gasteiger partial charge in [0.25, 0.3) is 0 Å². The van der Waals surface area contributed by atoms with Crippen LogP contribution in [0.2, 0.25) is 0 Å². The van der Waals surface area contributed by atoms with Crippen LogP contribution in [0.4, 0.5) is 5.88 Å². The van der Waals surface area contributed by atoms with Gasteiger partial charge in [0.15, 0.2) is 0 Å². The average molecular weight is 179 g/mol. The maximum absolute atomic E-state index is 5.27. The lowest BCUT2D eigenvalue weighted by atomic mass is 10.1. The minimum atomic E-state index is 0.638. The monoisotopic (exact) mass is 179 g/mol. The van der Waals surface area contributed by atoms with Crippen molar-refractivity contribution in [2.24, 2.45) is 0 Å². The smallest absolute Gasteiger partial charge is 0.229 e. The van der Waals surface area contributed by atoms with Gasteiger partial charge in [0.1, 0.15) is 0 Å². The zero-order valence-corrected chi connectivity index (χ0v) is 7.47. The van der Waals surface area contributed by atoms with E-state index in [4.69, 9.17) is 4.52 Å². The first-order chi connectivity index (χ1) is 6.43. The number of rotatable bonds is 2. The quantitative estimate of drug-likeness (QED) is 0.708. The Balaban J connectivity index is 1.86. The molecule has 1 aliphatic heterocycles. The van der Waals surface area contributed by atoms with Crippen LogP contribution in [-0.2, 0) is 13.0 Å². The Labute approximate surface area is 76.7 Å². The van der Waals surface area contributed by atoms with E-state index in [0.717, 1.165) is 31.1 Å². The zero-order valence-electron chi connectivity index (χ0n) is 7.47. The average Bonchev–Trinajstić information content (AvgIpc) is 2.88. The predicted molar refractivity (Wildman–Crippen MR) is 48.6 cm³/mol. The lowest BCUT2D eigenvalue weighted by Gasteiger charge is -2.11. The van der Waals surface area contributed by atoms with Gasteiger partial charge in [0.2, 0.25) is 5.88 Å². The molecular formula is C9H13N3O. The summed E-state index contributed by atoms with van der Waals surface area (Å²) in [4.78, 5) is 0. The van der Waals surface area contributed by atoms with Crippen LogP contribution in [0.3, 0.4) is 0 Å². The van der Waals surface area contributed by atoms with Crippen LogP contribution in [0, 0.1) is 0 Å². The molecule has 0 radical (unpaired) electrons. The van der Waals surface area contributed by atoms with Crippen LogP contribution >= 0.6 is 0 Å². The van der Waals surface area contributed by atoms with Crippen molar-refractivity contribution in [2.45, 2.75) is 31.8 Å². The Morgan fingerprint density at radius 2 is 2.38 bits per heavy atom. The summed E-state index contributed by atoms with van der Waals surface area (Å²) in [5.41, 5.74) is 2.36. The molecule has 0 spiro atoms. The minimum Gasteiger partial charge on any atom is -0.351 e. The molecular weight excluding hydrogens is 166 g/mol. The van der Waals surface area contributed by atoms with Gasteiger partial charge < -0.3 is 15.2 Å².